The molecule has 4 nitrogen and oxygen atoms in total. The molecule has 0 radical (unpaired) electrons. The predicted molar refractivity (Wildman–Crippen MR) is 72.4 cm³/mol. The van der Waals surface area contributed by atoms with Gasteiger partial charge >= 0.3 is 0 Å². The molecule has 0 spiro atoms. The van der Waals surface area contributed by atoms with Crippen LogP contribution in [0, 0.1) is 0 Å². The molecule has 92 valence electrons. The molecule has 2 heterocycles. The van der Waals surface area contributed by atoms with Crippen LogP contribution in [0.15, 0.2) is 30.6 Å². The zero-order chi connectivity index (χ0) is 12.4. The number of hydrogen-bond acceptors (Lipinski definition) is 3. The number of benzene rings is 1. The summed E-state index contributed by atoms with van der Waals surface area (Å²) >= 11 is 0. The van der Waals surface area contributed by atoms with Gasteiger partial charge in [0.25, 0.3) is 0 Å². The van der Waals surface area contributed by atoms with Gasteiger partial charge in [-0.15, -0.1) is 0 Å². The molecule has 0 fully saturated rings. The average molecular weight is 240 g/mol. The molecule has 0 aliphatic carbocycles. The van der Waals surface area contributed by atoms with Gasteiger partial charge in [0.2, 0.25) is 0 Å². The molecule has 0 saturated carbocycles. The monoisotopic (exact) mass is 240 g/mol. The lowest BCUT2D eigenvalue weighted by Gasteiger charge is -2.03. The van der Waals surface area contributed by atoms with Crippen LogP contribution < -0.4 is 0 Å². The number of aromatic nitrogens is 4. The van der Waals surface area contributed by atoms with Gasteiger partial charge in [0, 0.05) is 6.54 Å². The topological polar surface area (TPSA) is 43.6 Å². The molecule has 3 aromatic rings. The Morgan fingerprint density at radius 1 is 1.06 bits per heavy atom. The van der Waals surface area contributed by atoms with Crippen molar-refractivity contribution in [3.63, 3.8) is 0 Å². The summed E-state index contributed by atoms with van der Waals surface area (Å²) in [5.74, 6) is 0. The number of hydrogen-bond donors (Lipinski definition) is 0. The number of para-hydroxylation sites is 2. The van der Waals surface area contributed by atoms with Gasteiger partial charge in [0.15, 0.2) is 11.3 Å². The molecule has 1 aromatic carbocycles. The van der Waals surface area contributed by atoms with Crippen LogP contribution in [-0.4, -0.2) is 19.5 Å². The number of aryl methyl sites for hydroxylation is 1. The van der Waals surface area contributed by atoms with Crippen LogP contribution in [0.5, 0.6) is 0 Å². The third-order valence-electron chi connectivity index (χ3n) is 3.13. The second kappa shape index (κ2) is 4.72. The quantitative estimate of drug-likeness (QED) is 0.658. The van der Waals surface area contributed by atoms with Gasteiger partial charge in [-0.1, -0.05) is 31.9 Å². The number of fused-ring (bicyclic) bond motifs is 2. The van der Waals surface area contributed by atoms with Crippen LogP contribution in [0.4, 0.5) is 0 Å². The first-order valence-electron chi connectivity index (χ1n) is 6.46. The minimum atomic E-state index is 0.741. The molecule has 3 rings (SSSR count). The van der Waals surface area contributed by atoms with Crippen molar-refractivity contribution in [3.8, 4) is 0 Å². The molecule has 0 aliphatic heterocycles. The molecule has 0 bridgehead atoms. The van der Waals surface area contributed by atoms with E-state index < -0.39 is 0 Å². The maximum Gasteiger partial charge on any atom is 0.198 e. The van der Waals surface area contributed by atoms with Crippen molar-refractivity contribution in [2.45, 2.75) is 32.7 Å². The Morgan fingerprint density at radius 2 is 1.83 bits per heavy atom. The van der Waals surface area contributed by atoms with E-state index in [4.69, 9.17) is 0 Å². The minimum Gasteiger partial charge on any atom is -0.314 e. The first kappa shape index (κ1) is 11.1. The van der Waals surface area contributed by atoms with E-state index in [1.54, 1.807) is 0 Å². The molecule has 2 aromatic heterocycles. The summed E-state index contributed by atoms with van der Waals surface area (Å²) in [4.78, 5) is 13.5. The number of rotatable bonds is 4. The van der Waals surface area contributed by atoms with E-state index in [-0.39, 0.29) is 0 Å². The van der Waals surface area contributed by atoms with Gasteiger partial charge in [-0.2, -0.15) is 0 Å². The summed E-state index contributed by atoms with van der Waals surface area (Å²) in [7, 11) is 0. The highest BCUT2D eigenvalue weighted by atomic mass is 15.1. The number of nitrogens with zero attached hydrogens (tertiary/aromatic N) is 4. The molecular formula is C14H16N4. The van der Waals surface area contributed by atoms with Crippen molar-refractivity contribution < 1.29 is 0 Å². The molecule has 0 atom stereocenters. The molecule has 0 unspecified atom stereocenters. The average Bonchev–Trinajstić information content (AvgIpc) is 2.79. The number of imidazole rings is 1. The zero-order valence-corrected chi connectivity index (χ0v) is 10.5. The Morgan fingerprint density at radius 3 is 2.61 bits per heavy atom. The second-order valence-corrected chi connectivity index (χ2v) is 4.50. The van der Waals surface area contributed by atoms with Crippen molar-refractivity contribution in [1.82, 2.24) is 19.5 Å². The lowest BCUT2D eigenvalue weighted by Crippen LogP contribution is -1.98. The van der Waals surface area contributed by atoms with Crippen LogP contribution in [0.1, 0.15) is 26.2 Å². The van der Waals surface area contributed by atoms with Crippen molar-refractivity contribution in [2.24, 2.45) is 0 Å². The Kier molecular flexibility index (Phi) is 2.92. The van der Waals surface area contributed by atoms with Crippen LogP contribution in [-0.2, 0) is 6.54 Å². The molecular weight excluding hydrogens is 224 g/mol. The first-order chi connectivity index (χ1) is 8.88. The Labute approximate surface area is 106 Å². The summed E-state index contributed by atoms with van der Waals surface area (Å²) in [6.45, 7) is 3.18. The smallest absolute Gasteiger partial charge is 0.198 e. The van der Waals surface area contributed by atoms with E-state index in [0.29, 0.717) is 0 Å². The third kappa shape index (κ3) is 1.94. The van der Waals surface area contributed by atoms with Crippen molar-refractivity contribution >= 4 is 22.3 Å². The standard InChI is InChI=1S/C14H16N4/c1-2-3-6-9-18-10-15-13-14(18)17-12-8-5-4-7-11(12)16-13/h4-5,7-8,10H,2-3,6,9H2,1H3. The summed E-state index contributed by atoms with van der Waals surface area (Å²) < 4.78 is 2.10. The third-order valence-corrected chi connectivity index (χ3v) is 3.13. The summed E-state index contributed by atoms with van der Waals surface area (Å²) in [6, 6.07) is 7.92. The maximum atomic E-state index is 4.65. The summed E-state index contributed by atoms with van der Waals surface area (Å²) in [6.07, 6.45) is 5.47. The normalized spacial score (nSPS) is 11.4. The van der Waals surface area contributed by atoms with E-state index in [2.05, 4.69) is 26.4 Å². The first-order valence-corrected chi connectivity index (χ1v) is 6.46. The largest absolute Gasteiger partial charge is 0.314 e. The predicted octanol–water partition coefficient (Wildman–Crippen LogP) is 3.17. The van der Waals surface area contributed by atoms with Crippen molar-refractivity contribution in [2.75, 3.05) is 0 Å². The highest BCUT2D eigenvalue weighted by Crippen LogP contribution is 2.15. The van der Waals surface area contributed by atoms with E-state index in [1.807, 2.05) is 30.6 Å². The molecule has 0 N–H and O–H groups in total. The lowest BCUT2D eigenvalue weighted by atomic mass is 10.2. The van der Waals surface area contributed by atoms with E-state index in [1.165, 1.54) is 12.8 Å². The Bertz CT molecular complexity index is 672. The fraction of sp³-hybridized carbons (Fsp3) is 0.357. The van der Waals surface area contributed by atoms with Crippen LogP contribution >= 0.6 is 0 Å². The van der Waals surface area contributed by atoms with E-state index in [0.717, 1.165) is 35.3 Å². The summed E-state index contributed by atoms with van der Waals surface area (Å²) in [5.41, 5.74) is 3.47. The van der Waals surface area contributed by atoms with Gasteiger partial charge in [-0.25, -0.2) is 15.0 Å². The molecule has 18 heavy (non-hydrogen) atoms. The van der Waals surface area contributed by atoms with Gasteiger partial charge in [0.1, 0.15) is 0 Å². The van der Waals surface area contributed by atoms with Gasteiger partial charge in [0.05, 0.1) is 17.4 Å². The summed E-state index contributed by atoms with van der Waals surface area (Å²) in [5, 5.41) is 0. The fourth-order valence-electron chi connectivity index (χ4n) is 2.14. The highest BCUT2D eigenvalue weighted by Gasteiger charge is 2.07. The Hall–Kier alpha value is -1.97. The zero-order valence-electron chi connectivity index (χ0n) is 10.5. The second-order valence-electron chi connectivity index (χ2n) is 4.50. The highest BCUT2D eigenvalue weighted by molar-refractivity contribution is 5.82. The SMILES string of the molecule is CCCCCn1cnc2nc3ccccc3nc21. The number of unbranched alkanes of at least 4 members (excludes halogenated alkanes) is 2. The molecule has 0 aliphatic rings. The van der Waals surface area contributed by atoms with Gasteiger partial charge in [-0.05, 0) is 18.6 Å². The maximum absolute atomic E-state index is 4.65. The Balaban J connectivity index is 2.03. The fourth-order valence-corrected chi connectivity index (χ4v) is 2.14. The van der Waals surface area contributed by atoms with E-state index >= 15 is 0 Å². The lowest BCUT2D eigenvalue weighted by molar-refractivity contribution is 0.610. The molecule has 4 heteroatoms. The molecule has 0 amide bonds. The van der Waals surface area contributed by atoms with E-state index in [9.17, 15) is 0 Å². The van der Waals surface area contributed by atoms with Crippen molar-refractivity contribution in [1.29, 1.82) is 0 Å². The molecule has 0 saturated heterocycles. The van der Waals surface area contributed by atoms with Gasteiger partial charge < -0.3 is 4.57 Å². The van der Waals surface area contributed by atoms with Gasteiger partial charge in [-0.3, -0.25) is 0 Å². The van der Waals surface area contributed by atoms with Crippen LogP contribution in [0.3, 0.4) is 0 Å². The van der Waals surface area contributed by atoms with Crippen LogP contribution in [0.25, 0.3) is 22.3 Å². The van der Waals surface area contributed by atoms with Crippen molar-refractivity contribution in [3.05, 3.63) is 30.6 Å². The minimum absolute atomic E-state index is 0.741. The van der Waals surface area contributed by atoms with Crippen LogP contribution in [0.2, 0.25) is 0 Å².